The molecule has 1 atom stereocenters. The van der Waals surface area contributed by atoms with Gasteiger partial charge in [0.15, 0.2) is 0 Å². The number of carbonyl (C=O) groups excluding carboxylic acids is 3. The van der Waals surface area contributed by atoms with E-state index >= 15 is 0 Å². The molecule has 2 aromatic carbocycles. The number of thioether (sulfide) groups is 1. The molecular formula is C20H24N4O3S. The van der Waals surface area contributed by atoms with Gasteiger partial charge in [0.2, 0.25) is 11.8 Å². The lowest BCUT2D eigenvalue weighted by atomic mass is 10.0. The molecule has 7 nitrogen and oxygen atoms in total. The number of hydrogen-bond acceptors (Lipinski definition) is 5. The minimum absolute atomic E-state index is 0.0244. The van der Waals surface area contributed by atoms with Crippen molar-refractivity contribution >= 4 is 35.3 Å². The molecule has 0 aliphatic heterocycles. The topological polar surface area (TPSA) is 90.5 Å². The SMILES string of the molecule is CNC(=O)NC(=O)C(c1ccccc1)N(C)CC(=O)Nc1ccccc1SC. The second-order valence-corrected chi connectivity index (χ2v) is 6.89. The lowest BCUT2D eigenvalue weighted by Gasteiger charge is -2.26. The van der Waals surface area contributed by atoms with Crippen molar-refractivity contribution < 1.29 is 14.4 Å². The Balaban J connectivity index is 2.15. The normalized spacial score (nSPS) is 11.6. The highest BCUT2D eigenvalue weighted by atomic mass is 32.2. The van der Waals surface area contributed by atoms with E-state index in [-0.39, 0.29) is 12.5 Å². The predicted molar refractivity (Wildman–Crippen MR) is 111 cm³/mol. The summed E-state index contributed by atoms with van der Waals surface area (Å²) in [5.41, 5.74) is 1.41. The predicted octanol–water partition coefficient (Wildman–Crippen LogP) is 2.48. The number of anilines is 1. The quantitative estimate of drug-likeness (QED) is 0.621. The molecule has 0 aliphatic rings. The summed E-state index contributed by atoms with van der Waals surface area (Å²) in [5, 5.41) is 7.52. The number of nitrogens with zero attached hydrogens (tertiary/aromatic N) is 1. The number of imide groups is 1. The highest BCUT2D eigenvalue weighted by Crippen LogP contribution is 2.25. The van der Waals surface area contributed by atoms with Crippen molar-refractivity contribution in [1.29, 1.82) is 0 Å². The summed E-state index contributed by atoms with van der Waals surface area (Å²) in [6.45, 7) is -0.0244. The number of hydrogen-bond donors (Lipinski definition) is 3. The van der Waals surface area contributed by atoms with Gasteiger partial charge in [-0.15, -0.1) is 11.8 Å². The Labute approximate surface area is 168 Å². The summed E-state index contributed by atoms with van der Waals surface area (Å²) >= 11 is 1.54. The third kappa shape index (κ3) is 5.83. The zero-order valence-corrected chi connectivity index (χ0v) is 16.9. The molecule has 0 aliphatic carbocycles. The van der Waals surface area contributed by atoms with E-state index in [0.29, 0.717) is 5.56 Å². The Morgan fingerprint density at radius 1 is 1.04 bits per heavy atom. The maximum Gasteiger partial charge on any atom is 0.321 e. The van der Waals surface area contributed by atoms with Crippen molar-refractivity contribution in [2.24, 2.45) is 0 Å². The minimum atomic E-state index is -0.792. The molecule has 2 aromatic rings. The van der Waals surface area contributed by atoms with E-state index in [2.05, 4.69) is 16.0 Å². The first kappa shape index (κ1) is 21.5. The van der Waals surface area contributed by atoms with Gasteiger partial charge >= 0.3 is 6.03 Å². The van der Waals surface area contributed by atoms with Gasteiger partial charge in [-0.2, -0.15) is 0 Å². The van der Waals surface area contributed by atoms with Crippen LogP contribution in [0.15, 0.2) is 59.5 Å². The fraction of sp³-hybridized carbons (Fsp3) is 0.250. The Hall–Kier alpha value is -2.84. The molecular weight excluding hydrogens is 376 g/mol. The van der Waals surface area contributed by atoms with Crippen molar-refractivity contribution in [3.8, 4) is 0 Å². The number of likely N-dealkylation sites (N-methyl/N-ethyl adjacent to an activating group) is 1. The smallest absolute Gasteiger partial charge is 0.321 e. The lowest BCUT2D eigenvalue weighted by Crippen LogP contribution is -2.46. The molecule has 1 unspecified atom stereocenters. The van der Waals surface area contributed by atoms with E-state index in [9.17, 15) is 14.4 Å². The molecule has 0 saturated heterocycles. The molecule has 8 heteroatoms. The minimum Gasteiger partial charge on any atom is -0.341 e. The zero-order valence-electron chi connectivity index (χ0n) is 16.1. The second kappa shape index (κ2) is 10.5. The van der Waals surface area contributed by atoms with E-state index < -0.39 is 18.0 Å². The van der Waals surface area contributed by atoms with Crippen LogP contribution < -0.4 is 16.0 Å². The van der Waals surface area contributed by atoms with Crippen LogP contribution in [0, 0.1) is 0 Å². The number of nitrogens with one attached hydrogen (secondary N) is 3. The zero-order chi connectivity index (χ0) is 20.5. The fourth-order valence-electron chi connectivity index (χ4n) is 2.74. The second-order valence-electron chi connectivity index (χ2n) is 6.05. The largest absolute Gasteiger partial charge is 0.341 e. The average molecular weight is 401 g/mol. The summed E-state index contributed by atoms with van der Waals surface area (Å²) in [6, 6.07) is 15.1. The van der Waals surface area contributed by atoms with Gasteiger partial charge in [-0.1, -0.05) is 42.5 Å². The van der Waals surface area contributed by atoms with Crippen LogP contribution in [-0.4, -0.2) is 49.6 Å². The van der Waals surface area contributed by atoms with Crippen molar-refractivity contribution in [1.82, 2.24) is 15.5 Å². The first-order chi connectivity index (χ1) is 13.5. The number of amides is 4. The third-order valence-corrected chi connectivity index (χ3v) is 4.84. The monoisotopic (exact) mass is 400 g/mol. The number of carbonyl (C=O) groups is 3. The summed E-state index contributed by atoms with van der Waals surface area (Å²) in [4.78, 5) is 39.3. The Morgan fingerprint density at radius 3 is 2.32 bits per heavy atom. The van der Waals surface area contributed by atoms with E-state index in [4.69, 9.17) is 0 Å². The molecule has 3 N–H and O–H groups in total. The molecule has 0 saturated carbocycles. The van der Waals surface area contributed by atoms with Crippen LogP contribution in [0.5, 0.6) is 0 Å². The summed E-state index contributed by atoms with van der Waals surface area (Å²) < 4.78 is 0. The highest BCUT2D eigenvalue weighted by molar-refractivity contribution is 7.98. The molecule has 0 fully saturated rings. The average Bonchev–Trinajstić information content (AvgIpc) is 2.69. The van der Waals surface area contributed by atoms with Crippen LogP contribution >= 0.6 is 11.8 Å². The van der Waals surface area contributed by atoms with Gasteiger partial charge in [0.05, 0.1) is 12.2 Å². The lowest BCUT2D eigenvalue weighted by molar-refractivity contribution is -0.126. The van der Waals surface area contributed by atoms with Crippen LogP contribution in [0.3, 0.4) is 0 Å². The van der Waals surface area contributed by atoms with Crippen molar-refractivity contribution in [2.45, 2.75) is 10.9 Å². The van der Waals surface area contributed by atoms with Gasteiger partial charge in [-0.3, -0.25) is 19.8 Å². The molecule has 4 amide bonds. The molecule has 0 spiro atoms. The summed E-state index contributed by atoms with van der Waals surface area (Å²) in [5.74, 6) is -0.761. The van der Waals surface area contributed by atoms with E-state index in [1.54, 1.807) is 36.2 Å². The first-order valence-corrected chi connectivity index (χ1v) is 9.89. The van der Waals surface area contributed by atoms with Crippen molar-refractivity contribution in [2.75, 3.05) is 32.2 Å². The first-order valence-electron chi connectivity index (χ1n) is 8.67. The van der Waals surface area contributed by atoms with E-state index in [1.165, 1.54) is 18.8 Å². The molecule has 0 bridgehead atoms. The highest BCUT2D eigenvalue weighted by Gasteiger charge is 2.27. The van der Waals surface area contributed by atoms with Gasteiger partial charge in [-0.05, 0) is 31.0 Å². The van der Waals surface area contributed by atoms with Crippen LogP contribution in [0.25, 0.3) is 0 Å². The summed E-state index contributed by atoms with van der Waals surface area (Å²) in [6.07, 6.45) is 1.94. The van der Waals surface area contributed by atoms with Crippen molar-refractivity contribution in [3.63, 3.8) is 0 Å². The number of para-hydroxylation sites is 1. The maximum absolute atomic E-state index is 12.6. The molecule has 0 aromatic heterocycles. The molecule has 0 radical (unpaired) electrons. The Morgan fingerprint density at radius 2 is 1.68 bits per heavy atom. The van der Waals surface area contributed by atoms with Gasteiger partial charge in [0, 0.05) is 11.9 Å². The fourth-order valence-corrected chi connectivity index (χ4v) is 3.29. The summed E-state index contributed by atoms with van der Waals surface area (Å²) in [7, 11) is 3.10. The van der Waals surface area contributed by atoms with E-state index in [1.807, 2.05) is 36.6 Å². The molecule has 148 valence electrons. The molecule has 2 rings (SSSR count). The van der Waals surface area contributed by atoms with Gasteiger partial charge in [0.1, 0.15) is 6.04 Å². The number of urea groups is 1. The molecule has 28 heavy (non-hydrogen) atoms. The van der Waals surface area contributed by atoms with Crippen LogP contribution in [0.2, 0.25) is 0 Å². The van der Waals surface area contributed by atoms with Gasteiger partial charge in [-0.25, -0.2) is 4.79 Å². The van der Waals surface area contributed by atoms with Crippen LogP contribution in [0.1, 0.15) is 11.6 Å². The van der Waals surface area contributed by atoms with Crippen LogP contribution in [-0.2, 0) is 9.59 Å². The van der Waals surface area contributed by atoms with Gasteiger partial charge < -0.3 is 10.6 Å². The van der Waals surface area contributed by atoms with Gasteiger partial charge in [0.25, 0.3) is 0 Å². The third-order valence-electron chi connectivity index (χ3n) is 4.04. The number of rotatable bonds is 7. The maximum atomic E-state index is 12.6. The standard InChI is InChI=1S/C20H24N4O3S/c1-21-20(27)23-19(26)18(14-9-5-4-6-10-14)24(2)13-17(25)22-15-11-7-8-12-16(15)28-3/h4-12,18H,13H2,1-3H3,(H,22,25)(H2,21,23,26,27). The Kier molecular flexibility index (Phi) is 8.03. The van der Waals surface area contributed by atoms with Crippen molar-refractivity contribution in [3.05, 3.63) is 60.2 Å². The Bertz CT molecular complexity index is 829. The molecule has 0 heterocycles. The number of benzene rings is 2. The van der Waals surface area contributed by atoms with Crippen LogP contribution in [0.4, 0.5) is 10.5 Å². The van der Waals surface area contributed by atoms with E-state index in [0.717, 1.165) is 10.6 Å².